The molecule has 1 aliphatic heterocycles. The van der Waals surface area contributed by atoms with E-state index in [0.717, 1.165) is 34.0 Å². The smallest absolute Gasteiger partial charge is 0.320 e. The van der Waals surface area contributed by atoms with Gasteiger partial charge in [0, 0.05) is 53.5 Å². The van der Waals surface area contributed by atoms with Crippen LogP contribution in [0.2, 0.25) is 0 Å². The third-order valence-electron chi connectivity index (χ3n) is 12.1. The van der Waals surface area contributed by atoms with Crippen molar-refractivity contribution < 1.29 is 48.5 Å². The topological polar surface area (TPSA) is 344 Å². The van der Waals surface area contributed by atoms with E-state index < -0.39 is 72.3 Å². The van der Waals surface area contributed by atoms with Gasteiger partial charge in [-0.3, -0.25) is 34.1 Å². The summed E-state index contributed by atoms with van der Waals surface area (Å²) in [5, 5.41) is 47.1. The number of aliphatic hydroxyl groups is 1. The highest BCUT2D eigenvalue weighted by molar-refractivity contribution is 7.19. The summed E-state index contributed by atoms with van der Waals surface area (Å²) in [6.07, 6.45) is -0.170. The molecule has 81 heavy (non-hydrogen) atoms. The van der Waals surface area contributed by atoms with Crippen LogP contribution in [0.3, 0.4) is 0 Å². The number of rotatable bonds is 12. The Bertz CT molecular complexity index is 3650. The number of carboxylic acid groups (broad SMARTS) is 1. The molecule has 0 unspecified atom stereocenters. The van der Waals surface area contributed by atoms with Gasteiger partial charge in [-0.15, -0.1) is 68.0 Å². The third kappa shape index (κ3) is 13.7. The van der Waals surface area contributed by atoms with Crippen LogP contribution in [0.15, 0.2) is 64.8 Å². The molecule has 420 valence electrons. The number of pyridine rings is 1. The summed E-state index contributed by atoms with van der Waals surface area (Å²) in [5.41, 5.74) is 2.27. The van der Waals surface area contributed by atoms with Gasteiger partial charge in [-0.2, -0.15) is 0 Å². The quantitative estimate of drug-likeness (QED) is 0.0600. The number of benzene rings is 1. The Morgan fingerprint density at radius 1 is 0.753 bits per heavy atom. The lowest BCUT2D eigenvalue weighted by atomic mass is 10.0. The number of aliphatic hydroxyl groups excluding tert-OH is 1. The van der Waals surface area contributed by atoms with Gasteiger partial charge in [0.2, 0.25) is 11.8 Å². The monoisotopic (exact) mass is 1210 g/mol. The summed E-state index contributed by atoms with van der Waals surface area (Å²) in [7, 11) is 2.93. The van der Waals surface area contributed by atoms with Crippen molar-refractivity contribution in [3.63, 3.8) is 0 Å². The average Bonchev–Trinajstić information content (AvgIpc) is 4.33. The number of nitrogens with zero attached hydrogens (tertiary/aromatic N) is 7. The van der Waals surface area contributed by atoms with Crippen molar-refractivity contribution in [1.29, 1.82) is 0 Å². The Balaban J connectivity index is 1.12. The Kier molecular flexibility index (Phi) is 18.4. The minimum Gasteiger partial charge on any atom is -0.481 e. The number of hydrogen-bond acceptors (Lipinski definition) is 22. The second kappa shape index (κ2) is 25.7. The summed E-state index contributed by atoms with van der Waals surface area (Å²) in [5.74, 6) is -4.04. The fourth-order valence-corrected chi connectivity index (χ4v) is 13.7. The second-order valence-corrected chi connectivity index (χ2v) is 24.2. The number of thiazole rings is 6. The van der Waals surface area contributed by atoms with Gasteiger partial charge < -0.3 is 46.9 Å². The van der Waals surface area contributed by atoms with E-state index in [4.69, 9.17) is 29.8 Å². The molecule has 9 rings (SSSR count). The Labute approximate surface area is 485 Å². The zero-order chi connectivity index (χ0) is 57.5. The molecule has 7 aromatic heterocycles. The molecular weight excluding hydrogens is 1160 g/mol. The lowest BCUT2D eigenvalue weighted by Gasteiger charge is -2.23. The van der Waals surface area contributed by atoms with Crippen molar-refractivity contribution in [2.24, 2.45) is 5.92 Å². The van der Waals surface area contributed by atoms with Gasteiger partial charge in [0.25, 0.3) is 17.7 Å². The van der Waals surface area contributed by atoms with Crippen molar-refractivity contribution in [2.75, 3.05) is 32.6 Å². The van der Waals surface area contributed by atoms with E-state index in [0.29, 0.717) is 67.9 Å². The largest absolute Gasteiger partial charge is 0.481 e. The van der Waals surface area contributed by atoms with Crippen molar-refractivity contribution in [3.8, 4) is 42.5 Å². The molecule has 10 bridgehead atoms. The molecule has 24 nitrogen and oxygen atoms in total. The molecule has 0 fully saturated rings. The number of methoxy groups -OCH3 is 1. The minimum atomic E-state index is -1.28. The number of ether oxygens (including phenoxy) is 1. The summed E-state index contributed by atoms with van der Waals surface area (Å²) in [4.78, 5) is 128. The molecule has 0 radical (unpaired) electrons. The zero-order valence-electron chi connectivity index (χ0n) is 43.5. The number of hydrogen-bond donors (Lipinski definition) is 9. The number of amides is 7. The van der Waals surface area contributed by atoms with Crippen LogP contribution in [-0.2, 0) is 25.7 Å². The standard InChI is InChI=1S/C51H50N14O10S6/c1-22(2)36-50-65-39(31(81-50)18-75-5)43(72)54-17-34(67)62-40(41(70)24-9-7-6-8-10-24)49-59-29(20-77-49)46-55-16-30(80-46)38-25(11-12-26(56-38)47-60-32(21-78-47)61-51(74)53-14-13-35(68)69)45-58-28(19-76-45)42(71)57-27(15-33(66)52-4)48-64-37(23(3)79-48)44(73)63-36/h6-12,16,19-22,27,36,40-41,70H,13-15,17-18H2,1-5H3,(H,52,66)(H,54,72)(H,57,71)(H,62,67)(H,63,73)(H,68,69)(H2,53,61,74)/t27-,36-,40-,41-/m0/s1. The molecule has 0 saturated heterocycles. The third-order valence-corrected chi connectivity index (χ3v) is 18.0. The van der Waals surface area contributed by atoms with E-state index in [9.17, 15) is 38.7 Å². The molecule has 0 aliphatic carbocycles. The van der Waals surface area contributed by atoms with Crippen LogP contribution in [0.4, 0.5) is 10.6 Å². The first-order valence-corrected chi connectivity index (χ1v) is 29.8. The summed E-state index contributed by atoms with van der Waals surface area (Å²) >= 11 is 7.07. The highest BCUT2D eigenvalue weighted by atomic mass is 32.1. The molecule has 0 spiro atoms. The highest BCUT2D eigenvalue weighted by Gasteiger charge is 2.33. The minimum absolute atomic E-state index is 0.00249. The number of fused-ring (bicyclic) bond motifs is 14. The number of anilines is 1. The van der Waals surface area contributed by atoms with E-state index in [1.807, 2.05) is 13.8 Å². The van der Waals surface area contributed by atoms with Gasteiger partial charge >= 0.3 is 12.0 Å². The lowest BCUT2D eigenvalue weighted by Crippen LogP contribution is -2.40. The van der Waals surface area contributed by atoms with Crippen LogP contribution >= 0.6 is 68.0 Å². The molecule has 0 saturated carbocycles. The van der Waals surface area contributed by atoms with Crippen LogP contribution in [0.1, 0.15) is 113 Å². The molecule has 8 aromatic rings. The van der Waals surface area contributed by atoms with Crippen molar-refractivity contribution in [3.05, 3.63) is 112 Å². The van der Waals surface area contributed by atoms with E-state index >= 15 is 0 Å². The van der Waals surface area contributed by atoms with E-state index in [1.54, 1.807) is 71.7 Å². The maximum atomic E-state index is 14.2. The summed E-state index contributed by atoms with van der Waals surface area (Å²) in [6.45, 7) is 4.84. The fourth-order valence-electron chi connectivity index (χ4n) is 8.08. The van der Waals surface area contributed by atoms with Gasteiger partial charge in [0.05, 0.1) is 59.2 Å². The van der Waals surface area contributed by atoms with Crippen molar-refractivity contribution >= 4 is 115 Å². The average molecular weight is 1210 g/mol. The van der Waals surface area contributed by atoms with E-state index in [1.165, 1.54) is 48.2 Å². The maximum absolute atomic E-state index is 14.2. The maximum Gasteiger partial charge on any atom is 0.320 e. The van der Waals surface area contributed by atoms with Crippen molar-refractivity contribution in [1.82, 2.24) is 66.8 Å². The first kappa shape index (κ1) is 57.8. The van der Waals surface area contributed by atoms with Gasteiger partial charge in [-0.1, -0.05) is 44.2 Å². The Morgan fingerprint density at radius 3 is 2.27 bits per heavy atom. The second-order valence-electron chi connectivity index (χ2n) is 18.2. The number of aliphatic carboxylic acids is 1. The molecule has 30 heteroatoms. The number of aryl methyl sites for hydroxylation is 1. The van der Waals surface area contributed by atoms with Gasteiger partial charge in [-0.25, -0.2) is 39.7 Å². The van der Waals surface area contributed by atoms with Crippen LogP contribution in [0, 0.1) is 12.8 Å². The van der Waals surface area contributed by atoms with Crippen LogP contribution < -0.4 is 37.2 Å². The SMILES string of the molecule is CNC(=O)C[C@@H]1NC(=O)c2csc(n2)-c2ccc(-c3nc(NC(=O)NCCC(=O)O)cs3)nc2-c2cnc(s2)-c2csc(n2)[C@H]([C@@H](O)c2ccccc2)NC(=O)CNC(=O)c2nc(sc2COC)[C@H](C(C)C)NC(=O)c2nc1sc2C. The zero-order valence-corrected chi connectivity index (χ0v) is 48.4. The van der Waals surface area contributed by atoms with Gasteiger partial charge in [0.1, 0.15) is 70.8 Å². The lowest BCUT2D eigenvalue weighted by molar-refractivity contribution is -0.136. The number of urea groups is 1. The first-order chi connectivity index (χ1) is 39.0. The predicted molar refractivity (Wildman–Crippen MR) is 306 cm³/mol. The fraction of sp³-hybridized carbons (Fsp3) is 0.294. The van der Waals surface area contributed by atoms with Crippen LogP contribution in [0.25, 0.3) is 42.5 Å². The summed E-state index contributed by atoms with van der Waals surface area (Å²) < 4.78 is 5.44. The first-order valence-electron chi connectivity index (χ1n) is 24.7. The number of carboxylic acids is 1. The summed E-state index contributed by atoms with van der Waals surface area (Å²) in [6, 6.07) is 8.75. The number of nitrogens with one attached hydrogen (secondary N) is 7. The molecular formula is C51H50N14O10S6. The van der Waals surface area contributed by atoms with E-state index in [2.05, 4.69) is 52.2 Å². The highest BCUT2D eigenvalue weighted by Crippen LogP contribution is 2.41. The van der Waals surface area contributed by atoms with Gasteiger partial charge in [0.15, 0.2) is 0 Å². The molecule has 7 amide bonds. The van der Waals surface area contributed by atoms with Gasteiger partial charge in [-0.05, 0) is 30.5 Å². The number of carbonyl (C=O) groups excluding carboxylic acids is 6. The normalized spacial score (nSPS) is 16.4. The molecule has 1 aliphatic rings. The van der Waals surface area contributed by atoms with E-state index in [-0.39, 0.29) is 59.8 Å². The number of aromatic nitrogens is 7. The Morgan fingerprint density at radius 2 is 1.52 bits per heavy atom. The molecule has 4 atom stereocenters. The number of carbonyl (C=O) groups is 7. The van der Waals surface area contributed by atoms with Crippen molar-refractivity contribution in [2.45, 2.75) is 64.4 Å². The van der Waals surface area contributed by atoms with Crippen LogP contribution in [-0.4, -0.2) is 114 Å². The molecule has 1 aromatic carbocycles. The predicted octanol–water partition coefficient (Wildman–Crippen LogP) is 6.91. The Hall–Kier alpha value is -7.84. The molecule has 8 heterocycles. The molecule has 9 N–H and O–H groups in total. The van der Waals surface area contributed by atoms with Crippen LogP contribution in [0.5, 0.6) is 0 Å².